The summed E-state index contributed by atoms with van der Waals surface area (Å²) in [7, 11) is -3.17. The highest BCUT2D eigenvalue weighted by atomic mass is 32.2. The Bertz CT molecular complexity index is 404. The molecule has 1 amide bonds. The van der Waals surface area contributed by atoms with Crippen LogP contribution in [0.1, 0.15) is 40.0 Å². The first kappa shape index (κ1) is 15.4. The molecule has 18 heavy (non-hydrogen) atoms. The largest absolute Gasteiger partial charge is 0.327 e. The fourth-order valence-corrected chi connectivity index (χ4v) is 2.34. The van der Waals surface area contributed by atoms with Gasteiger partial charge in [0.1, 0.15) is 0 Å². The molecule has 1 atom stereocenters. The average Bonchev–Trinajstić information content (AvgIpc) is 2.56. The second kappa shape index (κ2) is 5.57. The van der Waals surface area contributed by atoms with E-state index in [1.54, 1.807) is 18.7 Å². The van der Waals surface area contributed by atoms with E-state index in [9.17, 15) is 13.2 Å². The van der Waals surface area contributed by atoms with Crippen LogP contribution >= 0.6 is 0 Å². The normalized spacial score (nSPS) is 21.7. The van der Waals surface area contributed by atoms with Crippen molar-refractivity contribution in [2.45, 2.75) is 50.8 Å². The van der Waals surface area contributed by atoms with Crippen LogP contribution in [0.3, 0.4) is 0 Å². The smallest absolute Gasteiger partial charge is 0.240 e. The Hall–Kier alpha value is -0.620. The summed E-state index contributed by atoms with van der Waals surface area (Å²) in [5, 5.41) is 3.15. The standard InChI is InChI=1S/C12H24N2O3S/c1-5-6-7-10-11(15)14(9-13-10)8-12(2,3)18(4,16)17/h10,13H,5-9H2,1-4H3. The van der Waals surface area contributed by atoms with E-state index in [0.29, 0.717) is 6.67 Å². The minimum Gasteiger partial charge on any atom is -0.327 e. The Morgan fingerprint density at radius 3 is 2.56 bits per heavy atom. The van der Waals surface area contributed by atoms with Gasteiger partial charge in [-0.05, 0) is 20.3 Å². The zero-order valence-electron chi connectivity index (χ0n) is 11.7. The number of carbonyl (C=O) groups excluding carboxylic acids is 1. The van der Waals surface area contributed by atoms with Crippen molar-refractivity contribution in [3.63, 3.8) is 0 Å². The van der Waals surface area contributed by atoms with Crippen molar-refractivity contribution < 1.29 is 13.2 Å². The lowest BCUT2D eigenvalue weighted by Crippen LogP contribution is -2.45. The highest BCUT2D eigenvalue weighted by molar-refractivity contribution is 7.92. The Kier molecular flexibility index (Phi) is 4.78. The zero-order valence-corrected chi connectivity index (χ0v) is 12.5. The van der Waals surface area contributed by atoms with Crippen molar-refractivity contribution in [1.82, 2.24) is 10.2 Å². The van der Waals surface area contributed by atoms with Gasteiger partial charge in [-0.15, -0.1) is 0 Å². The molecule has 1 saturated heterocycles. The van der Waals surface area contributed by atoms with Gasteiger partial charge in [0.2, 0.25) is 5.91 Å². The van der Waals surface area contributed by atoms with Gasteiger partial charge in [-0.3, -0.25) is 10.1 Å². The van der Waals surface area contributed by atoms with E-state index in [0.717, 1.165) is 19.3 Å². The molecule has 1 N–H and O–H groups in total. The molecule has 106 valence electrons. The zero-order chi connectivity index (χ0) is 14.0. The number of amides is 1. The lowest BCUT2D eigenvalue weighted by molar-refractivity contribution is -0.129. The first-order valence-electron chi connectivity index (χ1n) is 6.41. The Labute approximate surface area is 110 Å². The first-order chi connectivity index (χ1) is 8.19. The van der Waals surface area contributed by atoms with Crippen molar-refractivity contribution in [2.24, 2.45) is 0 Å². The molecule has 0 aliphatic carbocycles. The molecular weight excluding hydrogens is 252 g/mol. The van der Waals surface area contributed by atoms with Gasteiger partial charge in [-0.2, -0.15) is 0 Å². The summed E-state index contributed by atoms with van der Waals surface area (Å²) in [5.74, 6) is 0.0279. The molecule has 6 heteroatoms. The van der Waals surface area contributed by atoms with E-state index >= 15 is 0 Å². The van der Waals surface area contributed by atoms with Gasteiger partial charge in [0.05, 0.1) is 17.5 Å². The van der Waals surface area contributed by atoms with Crippen molar-refractivity contribution in [2.75, 3.05) is 19.5 Å². The van der Waals surface area contributed by atoms with Crippen LogP contribution in [0.25, 0.3) is 0 Å². The van der Waals surface area contributed by atoms with Gasteiger partial charge in [-0.25, -0.2) is 8.42 Å². The predicted molar refractivity (Wildman–Crippen MR) is 72.0 cm³/mol. The lowest BCUT2D eigenvalue weighted by Gasteiger charge is -2.28. The van der Waals surface area contributed by atoms with Crippen molar-refractivity contribution in [1.29, 1.82) is 0 Å². The molecular formula is C12H24N2O3S. The maximum Gasteiger partial charge on any atom is 0.240 e. The summed E-state index contributed by atoms with van der Waals surface area (Å²) in [6.07, 6.45) is 4.10. The third-order valence-electron chi connectivity index (χ3n) is 3.56. The Morgan fingerprint density at radius 2 is 2.06 bits per heavy atom. The number of hydrogen-bond donors (Lipinski definition) is 1. The second-order valence-corrected chi connectivity index (χ2v) is 8.27. The monoisotopic (exact) mass is 276 g/mol. The molecule has 1 aliphatic rings. The minimum absolute atomic E-state index is 0.0279. The van der Waals surface area contributed by atoms with Crippen LogP contribution < -0.4 is 5.32 Å². The van der Waals surface area contributed by atoms with Crippen LogP contribution in [-0.2, 0) is 14.6 Å². The second-order valence-electron chi connectivity index (χ2n) is 5.63. The predicted octanol–water partition coefficient (Wildman–Crippen LogP) is 0.758. The van der Waals surface area contributed by atoms with Crippen molar-refractivity contribution >= 4 is 15.7 Å². The molecule has 1 fully saturated rings. The number of nitrogens with one attached hydrogen (secondary N) is 1. The van der Waals surface area contributed by atoms with E-state index < -0.39 is 14.6 Å². The van der Waals surface area contributed by atoms with Crippen molar-refractivity contribution in [3.8, 4) is 0 Å². The van der Waals surface area contributed by atoms with Crippen LogP contribution in [0.15, 0.2) is 0 Å². The van der Waals surface area contributed by atoms with Gasteiger partial charge >= 0.3 is 0 Å². The van der Waals surface area contributed by atoms with E-state index in [1.807, 2.05) is 0 Å². The maximum absolute atomic E-state index is 12.1. The molecule has 5 nitrogen and oxygen atoms in total. The number of unbranched alkanes of at least 4 members (excludes halogenated alkanes) is 1. The number of hydrogen-bond acceptors (Lipinski definition) is 4. The highest BCUT2D eigenvalue weighted by Gasteiger charge is 2.38. The quantitative estimate of drug-likeness (QED) is 0.778. The highest BCUT2D eigenvalue weighted by Crippen LogP contribution is 2.20. The summed E-state index contributed by atoms with van der Waals surface area (Å²) >= 11 is 0. The van der Waals surface area contributed by atoms with Crippen LogP contribution in [0, 0.1) is 0 Å². The van der Waals surface area contributed by atoms with Gasteiger partial charge in [0.25, 0.3) is 0 Å². The van der Waals surface area contributed by atoms with E-state index in [-0.39, 0.29) is 18.5 Å². The Morgan fingerprint density at radius 1 is 1.44 bits per heavy atom. The summed E-state index contributed by atoms with van der Waals surface area (Å²) in [6, 6.07) is -0.139. The number of sulfone groups is 1. The van der Waals surface area contributed by atoms with Crippen LogP contribution in [-0.4, -0.2) is 49.5 Å². The third kappa shape index (κ3) is 3.45. The molecule has 0 aromatic heterocycles. The number of carbonyl (C=O) groups is 1. The minimum atomic E-state index is -3.17. The summed E-state index contributed by atoms with van der Waals surface area (Å²) in [6.45, 7) is 6.11. The Balaban J connectivity index is 2.63. The number of rotatable bonds is 6. The molecule has 0 radical (unpaired) electrons. The average molecular weight is 276 g/mol. The SMILES string of the molecule is CCCCC1NCN(CC(C)(C)S(C)(=O)=O)C1=O. The molecule has 1 aliphatic heterocycles. The summed E-state index contributed by atoms with van der Waals surface area (Å²) < 4.78 is 22.4. The molecule has 0 saturated carbocycles. The van der Waals surface area contributed by atoms with Crippen LogP contribution in [0.2, 0.25) is 0 Å². The fraction of sp³-hybridized carbons (Fsp3) is 0.917. The van der Waals surface area contributed by atoms with Crippen LogP contribution in [0.4, 0.5) is 0 Å². The van der Waals surface area contributed by atoms with Crippen molar-refractivity contribution in [3.05, 3.63) is 0 Å². The molecule has 1 rings (SSSR count). The maximum atomic E-state index is 12.1. The molecule has 0 aromatic rings. The van der Waals surface area contributed by atoms with Gasteiger partial charge < -0.3 is 4.90 Å². The third-order valence-corrected chi connectivity index (χ3v) is 5.70. The first-order valence-corrected chi connectivity index (χ1v) is 8.30. The summed E-state index contributed by atoms with van der Waals surface area (Å²) in [4.78, 5) is 13.7. The van der Waals surface area contributed by atoms with Crippen LogP contribution in [0.5, 0.6) is 0 Å². The molecule has 1 heterocycles. The topological polar surface area (TPSA) is 66.5 Å². The fourth-order valence-electron chi connectivity index (χ4n) is 1.95. The summed E-state index contributed by atoms with van der Waals surface area (Å²) in [5.41, 5.74) is 0. The van der Waals surface area contributed by atoms with Gasteiger partial charge in [-0.1, -0.05) is 19.8 Å². The van der Waals surface area contributed by atoms with Gasteiger partial charge in [0.15, 0.2) is 9.84 Å². The number of nitrogens with zero attached hydrogens (tertiary/aromatic N) is 1. The molecule has 1 unspecified atom stereocenters. The van der Waals surface area contributed by atoms with E-state index in [1.165, 1.54) is 6.26 Å². The molecule has 0 spiro atoms. The molecule has 0 bridgehead atoms. The van der Waals surface area contributed by atoms with E-state index in [4.69, 9.17) is 0 Å². The molecule has 0 aromatic carbocycles. The lowest BCUT2D eigenvalue weighted by atomic mass is 10.1. The van der Waals surface area contributed by atoms with E-state index in [2.05, 4.69) is 12.2 Å². The van der Waals surface area contributed by atoms with Gasteiger partial charge in [0, 0.05) is 12.8 Å².